The molecule has 0 radical (unpaired) electrons. The van der Waals surface area contributed by atoms with Gasteiger partial charge in [0.1, 0.15) is 5.82 Å². The van der Waals surface area contributed by atoms with E-state index < -0.39 is 0 Å². The van der Waals surface area contributed by atoms with Crippen LogP contribution in [0.1, 0.15) is 11.3 Å². The summed E-state index contributed by atoms with van der Waals surface area (Å²) in [6.45, 7) is 2.67. The fourth-order valence-corrected chi connectivity index (χ4v) is 2.10. The second kappa shape index (κ2) is 5.03. The topological polar surface area (TPSA) is 29.9 Å². The SMILES string of the molecule is Cc1c(CNc2cccc(F)c2I)cnn1C. The summed E-state index contributed by atoms with van der Waals surface area (Å²) in [5.74, 6) is -0.196. The maximum absolute atomic E-state index is 13.3. The number of benzene rings is 1. The number of anilines is 1. The van der Waals surface area contributed by atoms with Gasteiger partial charge < -0.3 is 5.32 Å². The van der Waals surface area contributed by atoms with Crippen molar-refractivity contribution in [3.8, 4) is 0 Å². The Morgan fingerprint density at radius 1 is 1.47 bits per heavy atom. The summed E-state index contributed by atoms with van der Waals surface area (Å²) in [4.78, 5) is 0. The molecule has 0 atom stereocenters. The van der Waals surface area contributed by atoms with Gasteiger partial charge in [0.2, 0.25) is 0 Å². The van der Waals surface area contributed by atoms with E-state index in [1.807, 2.05) is 53.5 Å². The van der Waals surface area contributed by atoms with Gasteiger partial charge in [-0.25, -0.2) is 4.39 Å². The van der Waals surface area contributed by atoms with Crippen LogP contribution in [0.5, 0.6) is 0 Å². The lowest BCUT2D eigenvalue weighted by Crippen LogP contribution is -2.03. The summed E-state index contributed by atoms with van der Waals surface area (Å²) >= 11 is 2.00. The summed E-state index contributed by atoms with van der Waals surface area (Å²) in [6.07, 6.45) is 1.83. The predicted octanol–water partition coefficient (Wildman–Crippen LogP) is 3.08. The highest BCUT2D eigenvalue weighted by Gasteiger charge is 2.07. The Morgan fingerprint density at radius 2 is 2.24 bits per heavy atom. The zero-order chi connectivity index (χ0) is 12.4. The minimum Gasteiger partial charge on any atom is -0.380 e. The van der Waals surface area contributed by atoms with Gasteiger partial charge in [-0.3, -0.25) is 4.68 Å². The van der Waals surface area contributed by atoms with Crippen LogP contribution in [0.4, 0.5) is 10.1 Å². The molecule has 1 N–H and O–H groups in total. The number of aryl methyl sites for hydroxylation is 1. The lowest BCUT2D eigenvalue weighted by atomic mass is 10.2. The molecule has 3 nitrogen and oxygen atoms in total. The first-order valence-electron chi connectivity index (χ1n) is 5.25. The average Bonchev–Trinajstić information content (AvgIpc) is 2.62. The third-order valence-electron chi connectivity index (χ3n) is 2.76. The second-order valence-electron chi connectivity index (χ2n) is 3.83. The monoisotopic (exact) mass is 345 g/mol. The minimum absolute atomic E-state index is 0.196. The number of hydrogen-bond donors (Lipinski definition) is 1. The molecule has 5 heteroatoms. The Kier molecular flexibility index (Phi) is 3.66. The van der Waals surface area contributed by atoms with Crippen LogP contribution >= 0.6 is 22.6 Å². The molecule has 17 heavy (non-hydrogen) atoms. The maximum atomic E-state index is 13.3. The zero-order valence-electron chi connectivity index (χ0n) is 9.67. The Balaban J connectivity index is 2.13. The van der Waals surface area contributed by atoms with Crippen molar-refractivity contribution >= 4 is 28.3 Å². The molecule has 0 aliphatic heterocycles. The Labute approximate surface area is 113 Å². The molecule has 2 rings (SSSR count). The third-order valence-corrected chi connectivity index (χ3v) is 3.85. The van der Waals surface area contributed by atoms with E-state index in [-0.39, 0.29) is 5.82 Å². The smallest absolute Gasteiger partial charge is 0.138 e. The van der Waals surface area contributed by atoms with Crippen molar-refractivity contribution in [1.82, 2.24) is 9.78 Å². The lowest BCUT2D eigenvalue weighted by Gasteiger charge is -2.08. The van der Waals surface area contributed by atoms with Crippen molar-refractivity contribution in [3.05, 3.63) is 45.0 Å². The fraction of sp³-hybridized carbons (Fsp3) is 0.250. The zero-order valence-corrected chi connectivity index (χ0v) is 11.8. The summed E-state index contributed by atoms with van der Waals surface area (Å²) in [6, 6.07) is 5.04. The molecule has 0 aliphatic carbocycles. The van der Waals surface area contributed by atoms with Gasteiger partial charge in [0.05, 0.1) is 15.5 Å². The van der Waals surface area contributed by atoms with Gasteiger partial charge in [-0.2, -0.15) is 5.10 Å². The van der Waals surface area contributed by atoms with Crippen LogP contribution in [0.2, 0.25) is 0 Å². The largest absolute Gasteiger partial charge is 0.380 e. The minimum atomic E-state index is -0.196. The number of nitrogens with zero attached hydrogens (tertiary/aromatic N) is 2. The van der Waals surface area contributed by atoms with Crippen LogP contribution in [0.3, 0.4) is 0 Å². The molecule has 1 aromatic carbocycles. The van der Waals surface area contributed by atoms with Gasteiger partial charge in [-0.05, 0) is 41.6 Å². The van der Waals surface area contributed by atoms with Crippen LogP contribution in [0.25, 0.3) is 0 Å². The molecule has 2 aromatic rings. The van der Waals surface area contributed by atoms with E-state index in [1.54, 1.807) is 6.07 Å². The van der Waals surface area contributed by atoms with E-state index in [0.717, 1.165) is 16.9 Å². The molecule has 1 heterocycles. The molecule has 0 amide bonds. The average molecular weight is 345 g/mol. The highest BCUT2D eigenvalue weighted by Crippen LogP contribution is 2.21. The molecule has 0 saturated heterocycles. The van der Waals surface area contributed by atoms with Crippen LogP contribution in [0, 0.1) is 16.3 Å². The number of halogens is 2. The normalized spacial score (nSPS) is 10.6. The molecular weight excluding hydrogens is 332 g/mol. The maximum Gasteiger partial charge on any atom is 0.138 e. The predicted molar refractivity (Wildman–Crippen MR) is 74.4 cm³/mol. The van der Waals surface area contributed by atoms with E-state index in [9.17, 15) is 4.39 Å². The molecule has 0 bridgehead atoms. The first-order valence-corrected chi connectivity index (χ1v) is 6.33. The molecule has 0 fully saturated rings. The van der Waals surface area contributed by atoms with Gasteiger partial charge in [0.15, 0.2) is 0 Å². The van der Waals surface area contributed by atoms with Crippen molar-refractivity contribution in [2.75, 3.05) is 5.32 Å². The molecule has 0 aliphatic rings. The Morgan fingerprint density at radius 3 is 2.88 bits per heavy atom. The fourth-order valence-electron chi connectivity index (χ4n) is 1.55. The number of nitrogens with one attached hydrogen (secondary N) is 1. The standard InChI is InChI=1S/C12H13FIN3/c1-8-9(7-16-17(8)2)6-15-11-5-3-4-10(13)12(11)14/h3-5,7,15H,6H2,1-2H3. The second-order valence-corrected chi connectivity index (χ2v) is 4.91. The molecular formula is C12H13FIN3. The quantitative estimate of drug-likeness (QED) is 0.867. The van der Waals surface area contributed by atoms with E-state index in [1.165, 1.54) is 6.07 Å². The van der Waals surface area contributed by atoms with Crippen LogP contribution in [-0.4, -0.2) is 9.78 Å². The summed E-state index contributed by atoms with van der Waals surface area (Å²) < 4.78 is 15.8. The molecule has 90 valence electrons. The van der Waals surface area contributed by atoms with Gasteiger partial charge >= 0.3 is 0 Å². The summed E-state index contributed by atoms with van der Waals surface area (Å²) in [7, 11) is 1.91. The van der Waals surface area contributed by atoms with E-state index >= 15 is 0 Å². The summed E-state index contributed by atoms with van der Waals surface area (Å²) in [5.41, 5.74) is 3.05. The van der Waals surface area contributed by atoms with E-state index in [0.29, 0.717) is 10.1 Å². The Bertz CT molecular complexity index is 537. The van der Waals surface area contributed by atoms with Crippen LogP contribution < -0.4 is 5.32 Å². The molecule has 0 unspecified atom stereocenters. The molecule has 1 aromatic heterocycles. The highest BCUT2D eigenvalue weighted by atomic mass is 127. The van der Waals surface area contributed by atoms with E-state index in [4.69, 9.17) is 0 Å². The number of aromatic nitrogens is 2. The highest BCUT2D eigenvalue weighted by molar-refractivity contribution is 14.1. The van der Waals surface area contributed by atoms with Gasteiger partial charge in [0.25, 0.3) is 0 Å². The third kappa shape index (κ3) is 2.59. The van der Waals surface area contributed by atoms with Crippen LogP contribution in [0.15, 0.2) is 24.4 Å². The van der Waals surface area contributed by atoms with Crippen molar-refractivity contribution in [2.24, 2.45) is 7.05 Å². The van der Waals surface area contributed by atoms with Gasteiger partial charge in [-0.15, -0.1) is 0 Å². The van der Waals surface area contributed by atoms with Gasteiger partial charge in [-0.1, -0.05) is 6.07 Å². The first-order chi connectivity index (χ1) is 8.09. The number of hydrogen-bond acceptors (Lipinski definition) is 2. The van der Waals surface area contributed by atoms with Crippen LogP contribution in [-0.2, 0) is 13.6 Å². The lowest BCUT2D eigenvalue weighted by molar-refractivity contribution is 0.621. The first kappa shape index (κ1) is 12.3. The summed E-state index contributed by atoms with van der Waals surface area (Å²) in [5, 5.41) is 7.39. The van der Waals surface area contributed by atoms with E-state index in [2.05, 4.69) is 10.4 Å². The van der Waals surface area contributed by atoms with Crippen molar-refractivity contribution in [3.63, 3.8) is 0 Å². The number of rotatable bonds is 3. The van der Waals surface area contributed by atoms with Crippen molar-refractivity contribution in [2.45, 2.75) is 13.5 Å². The van der Waals surface area contributed by atoms with Crippen molar-refractivity contribution in [1.29, 1.82) is 0 Å². The molecule has 0 spiro atoms. The van der Waals surface area contributed by atoms with Crippen molar-refractivity contribution < 1.29 is 4.39 Å². The Hall–Kier alpha value is -1.11. The molecule has 0 saturated carbocycles. The van der Waals surface area contributed by atoms with Gasteiger partial charge in [0, 0.05) is 24.8 Å².